The molecule has 0 saturated heterocycles. The normalized spacial score (nSPS) is 10.6. The zero-order chi connectivity index (χ0) is 14.8. The Hall–Kier alpha value is -2.04. The quantitative estimate of drug-likeness (QED) is 0.755. The number of para-hydroxylation sites is 1. The summed E-state index contributed by atoms with van der Waals surface area (Å²) in [6, 6.07) is 12.7. The van der Waals surface area contributed by atoms with E-state index in [1.54, 1.807) is 25.2 Å². The average molecular weight is 320 g/mol. The summed E-state index contributed by atoms with van der Waals surface area (Å²) in [7, 11) is 1.75. The van der Waals surface area contributed by atoms with Crippen molar-refractivity contribution in [2.24, 2.45) is 0 Å². The number of hydrogen-bond acceptors (Lipinski definition) is 4. The molecular weight excluding hydrogens is 309 g/mol. The maximum Gasteiger partial charge on any atom is 0.232 e. The zero-order valence-corrected chi connectivity index (χ0v) is 12.6. The van der Waals surface area contributed by atoms with E-state index in [4.69, 9.17) is 27.9 Å². The summed E-state index contributed by atoms with van der Waals surface area (Å²) >= 11 is 12.0. The van der Waals surface area contributed by atoms with Crippen LogP contribution in [0.4, 0.5) is 5.95 Å². The van der Waals surface area contributed by atoms with Gasteiger partial charge in [0.15, 0.2) is 0 Å². The minimum atomic E-state index is 0.427. The lowest BCUT2D eigenvalue weighted by Gasteiger charge is -2.10. The molecule has 0 aliphatic rings. The monoisotopic (exact) mass is 319 g/mol. The standard InChI is InChI=1S/C15H11Cl2N3O/c1-18-15-19-12-5-3-2-4-10(12)14(20-15)21-13-7-6-9(16)8-11(13)17/h2-8H,1H3,(H,18,19,20). The van der Waals surface area contributed by atoms with Crippen LogP contribution < -0.4 is 10.1 Å². The van der Waals surface area contributed by atoms with Crippen molar-refractivity contribution < 1.29 is 4.74 Å². The van der Waals surface area contributed by atoms with Crippen molar-refractivity contribution in [2.45, 2.75) is 0 Å². The molecule has 1 heterocycles. The average Bonchev–Trinajstić information content (AvgIpc) is 2.49. The van der Waals surface area contributed by atoms with Gasteiger partial charge >= 0.3 is 0 Å². The molecule has 106 valence electrons. The first-order valence-corrected chi connectivity index (χ1v) is 7.00. The van der Waals surface area contributed by atoms with Crippen molar-refractivity contribution in [3.8, 4) is 11.6 Å². The lowest BCUT2D eigenvalue weighted by atomic mass is 10.2. The van der Waals surface area contributed by atoms with Gasteiger partial charge in [-0.3, -0.25) is 0 Å². The number of nitrogens with zero attached hydrogens (tertiary/aromatic N) is 2. The number of halogens is 2. The van der Waals surface area contributed by atoms with Gasteiger partial charge in [-0.25, -0.2) is 4.98 Å². The highest BCUT2D eigenvalue weighted by atomic mass is 35.5. The van der Waals surface area contributed by atoms with Gasteiger partial charge in [-0.1, -0.05) is 35.3 Å². The second-order valence-electron chi connectivity index (χ2n) is 4.30. The zero-order valence-electron chi connectivity index (χ0n) is 11.1. The Morgan fingerprint density at radius 2 is 1.86 bits per heavy atom. The second-order valence-corrected chi connectivity index (χ2v) is 5.14. The van der Waals surface area contributed by atoms with Crippen LogP contribution in [0.25, 0.3) is 10.9 Å². The van der Waals surface area contributed by atoms with Crippen LogP contribution in [0, 0.1) is 0 Å². The van der Waals surface area contributed by atoms with E-state index in [9.17, 15) is 0 Å². The molecular formula is C15H11Cl2N3O. The first kappa shape index (κ1) is 13.9. The number of nitrogens with one attached hydrogen (secondary N) is 1. The predicted molar refractivity (Wildman–Crippen MR) is 85.6 cm³/mol. The largest absolute Gasteiger partial charge is 0.437 e. The van der Waals surface area contributed by atoms with Gasteiger partial charge in [0.2, 0.25) is 11.8 Å². The molecule has 0 atom stereocenters. The van der Waals surface area contributed by atoms with Crippen molar-refractivity contribution >= 4 is 40.1 Å². The number of hydrogen-bond donors (Lipinski definition) is 1. The third kappa shape index (κ3) is 2.86. The van der Waals surface area contributed by atoms with Crippen molar-refractivity contribution in [3.63, 3.8) is 0 Å². The van der Waals surface area contributed by atoms with Gasteiger partial charge in [0.25, 0.3) is 0 Å². The molecule has 6 heteroatoms. The summed E-state index contributed by atoms with van der Waals surface area (Å²) in [5, 5.41) is 4.70. The molecule has 3 rings (SSSR count). The van der Waals surface area contributed by atoms with Gasteiger partial charge in [0, 0.05) is 12.1 Å². The Morgan fingerprint density at radius 1 is 1.05 bits per heavy atom. The molecule has 1 aromatic heterocycles. The molecule has 2 aromatic carbocycles. The highest BCUT2D eigenvalue weighted by molar-refractivity contribution is 6.35. The molecule has 0 bridgehead atoms. The van der Waals surface area contributed by atoms with E-state index in [0.29, 0.717) is 27.6 Å². The molecule has 0 fully saturated rings. The number of rotatable bonds is 3. The molecule has 0 spiro atoms. The Labute approximate surface area is 131 Å². The molecule has 3 aromatic rings. The van der Waals surface area contributed by atoms with Gasteiger partial charge < -0.3 is 10.1 Å². The molecule has 0 unspecified atom stereocenters. The van der Waals surface area contributed by atoms with E-state index in [1.807, 2.05) is 24.3 Å². The van der Waals surface area contributed by atoms with Gasteiger partial charge in [-0.2, -0.15) is 4.98 Å². The van der Waals surface area contributed by atoms with Crippen molar-refractivity contribution in [3.05, 3.63) is 52.5 Å². The van der Waals surface area contributed by atoms with Crippen LogP contribution in [-0.2, 0) is 0 Å². The van der Waals surface area contributed by atoms with Crippen LogP contribution in [0.2, 0.25) is 10.0 Å². The Kier molecular flexibility index (Phi) is 3.82. The summed E-state index contributed by atoms with van der Waals surface area (Å²) in [5.41, 5.74) is 0.789. The third-order valence-corrected chi connectivity index (χ3v) is 3.42. The highest BCUT2D eigenvalue weighted by Gasteiger charge is 2.11. The highest BCUT2D eigenvalue weighted by Crippen LogP contribution is 2.34. The molecule has 21 heavy (non-hydrogen) atoms. The maximum atomic E-state index is 6.14. The van der Waals surface area contributed by atoms with Crippen LogP contribution in [0.15, 0.2) is 42.5 Å². The SMILES string of the molecule is CNc1nc(Oc2ccc(Cl)cc2Cl)c2ccccc2n1. The van der Waals surface area contributed by atoms with E-state index in [0.717, 1.165) is 10.9 Å². The number of anilines is 1. The van der Waals surface area contributed by atoms with Crippen LogP contribution in [0.1, 0.15) is 0 Å². The molecule has 1 N–H and O–H groups in total. The van der Waals surface area contributed by atoms with E-state index < -0.39 is 0 Å². The lowest BCUT2D eigenvalue weighted by molar-refractivity contribution is 0.469. The first-order valence-electron chi connectivity index (χ1n) is 6.25. The van der Waals surface area contributed by atoms with E-state index in [2.05, 4.69) is 15.3 Å². The smallest absolute Gasteiger partial charge is 0.232 e. The van der Waals surface area contributed by atoms with Crippen LogP contribution in [0.5, 0.6) is 11.6 Å². The summed E-state index contributed by atoms with van der Waals surface area (Å²) in [6.45, 7) is 0. The fraction of sp³-hybridized carbons (Fsp3) is 0.0667. The first-order chi connectivity index (χ1) is 10.2. The van der Waals surface area contributed by atoms with Crippen molar-refractivity contribution in [1.82, 2.24) is 9.97 Å². The topological polar surface area (TPSA) is 47.0 Å². The number of ether oxygens (including phenoxy) is 1. The van der Waals surface area contributed by atoms with E-state index in [-0.39, 0.29) is 0 Å². The van der Waals surface area contributed by atoms with Gasteiger partial charge in [0.1, 0.15) is 5.75 Å². The Morgan fingerprint density at radius 3 is 2.62 bits per heavy atom. The number of aromatic nitrogens is 2. The number of fused-ring (bicyclic) bond motifs is 1. The van der Waals surface area contributed by atoms with Crippen LogP contribution in [-0.4, -0.2) is 17.0 Å². The minimum Gasteiger partial charge on any atom is -0.437 e. The Balaban J connectivity index is 2.10. The van der Waals surface area contributed by atoms with Crippen LogP contribution in [0.3, 0.4) is 0 Å². The van der Waals surface area contributed by atoms with E-state index >= 15 is 0 Å². The van der Waals surface area contributed by atoms with Gasteiger partial charge in [-0.05, 0) is 30.3 Å². The predicted octanol–water partition coefficient (Wildman–Crippen LogP) is 4.77. The molecule has 0 radical (unpaired) electrons. The molecule has 0 amide bonds. The van der Waals surface area contributed by atoms with Crippen LogP contribution >= 0.6 is 23.2 Å². The van der Waals surface area contributed by atoms with Gasteiger partial charge in [-0.15, -0.1) is 0 Å². The van der Waals surface area contributed by atoms with Crippen molar-refractivity contribution in [2.75, 3.05) is 12.4 Å². The molecule has 0 aliphatic carbocycles. The molecule has 0 aliphatic heterocycles. The summed E-state index contributed by atoms with van der Waals surface area (Å²) < 4.78 is 5.84. The minimum absolute atomic E-state index is 0.427. The summed E-state index contributed by atoms with van der Waals surface area (Å²) in [6.07, 6.45) is 0. The fourth-order valence-electron chi connectivity index (χ4n) is 1.90. The second kappa shape index (κ2) is 5.76. The number of benzene rings is 2. The molecule has 4 nitrogen and oxygen atoms in total. The molecule has 0 saturated carbocycles. The third-order valence-electron chi connectivity index (χ3n) is 2.89. The summed E-state index contributed by atoms with van der Waals surface area (Å²) in [4.78, 5) is 8.72. The fourth-order valence-corrected chi connectivity index (χ4v) is 2.35. The lowest BCUT2D eigenvalue weighted by Crippen LogP contribution is -1.99. The maximum absolute atomic E-state index is 6.14. The van der Waals surface area contributed by atoms with Gasteiger partial charge in [0.05, 0.1) is 15.9 Å². The van der Waals surface area contributed by atoms with E-state index in [1.165, 1.54) is 0 Å². The summed E-state index contributed by atoms with van der Waals surface area (Å²) in [5.74, 6) is 1.41. The van der Waals surface area contributed by atoms with Crippen molar-refractivity contribution in [1.29, 1.82) is 0 Å². The Bertz CT molecular complexity index is 808.